The van der Waals surface area contributed by atoms with E-state index in [-0.39, 0.29) is 5.91 Å². The molecule has 0 heterocycles. The second-order valence-corrected chi connectivity index (χ2v) is 6.80. The van der Waals surface area contributed by atoms with Gasteiger partial charge < -0.3 is 10.1 Å². The Morgan fingerprint density at radius 1 is 1.17 bits per heavy atom. The summed E-state index contributed by atoms with van der Waals surface area (Å²) in [5, 5.41) is 4.11. The fourth-order valence-corrected chi connectivity index (χ4v) is 3.25. The van der Waals surface area contributed by atoms with E-state index in [2.05, 4.69) is 5.32 Å². The first-order valence-corrected chi connectivity index (χ1v) is 8.95. The van der Waals surface area contributed by atoms with Crippen LogP contribution in [0.5, 0.6) is 5.75 Å². The number of methoxy groups -OCH3 is 1. The summed E-state index contributed by atoms with van der Waals surface area (Å²) < 4.78 is 5.20. The molecule has 23 heavy (non-hydrogen) atoms. The molecule has 1 amide bonds. The Morgan fingerprint density at radius 3 is 2.70 bits per heavy atom. The van der Waals surface area contributed by atoms with Crippen molar-refractivity contribution in [2.24, 2.45) is 0 Å². The van der Waals surface area contributed by atoms with E-state index in [0.29, 0.717) is 22.9 Å². The van der Waals surface area contributed by atoms with Gasteiger partial charge in [0.15, 0.2) is 0 Å². The van der Waals surface area contributed by atoms with Gasteiger partial charge >= 0.3 is 0 Å². The molecule has 0 saturated heterocycles. The van der Waals surface area contributed by atoms with E-state index in [1.54, 1.807) is 37.1 Å². The number of nitrogens with one attached hydrogen (secondary N) is 1. The number of amides is 1. The Kier molecular flexibility index (Phi) is 7.09. The van der Waals surface area contributed by atoms with Crippen LogP contribution in [0.2, 0.25) is 10.0 Å². The number of halogens is 2. The van der Waals surface area contributed by atoms with Crippen molar-refractivity contribution in [1.29, 1.82) is 0 Å². The van der Waals surface area contributed by atoms with Crippen molar-refractivity contribution < 1.29 is 9.53 Å². The van der Waals surface area contributed by atoms with Gasteiger partial charge in [-0.1, -0.05) is 35.3 Å². The standard InChI is InChI=1S/C17H17Cl2NO2S/c1-22-16-6-5-14(19)10-15(16)20-17(21)7-8-23-11-12-3-2-4-13(18)9-12/h2-6,9-10H,7-8,11H2,1H3,(H,20,21). The lowest BCUT2D eigenvalue weighted by Gasteiger charge is -2.10. The van der Waals surface area contributed by atoms with Crippen molar-refractivity contribution in [3.8, 4) is 5.75 Å². The number of ether oxygens (including phenoxy) is 1. The van der Waals surface area contributed by atoms with Crippen LogP contribution in [0.15, 0.2) is 42.5 Å². The third-order valence-corrected chi connectivity index (χ3v) is 4.57. The first-order chi connectivity index (χ1) is 11.1. The van der Waals surface area contributed by atoms with Crippen LogP contribution in [0.25, 0.3) is 0 Å². The number of hydrogen-bond acceptors (Lipinski definition) is 3. The monoisotopic (exact) mass is 369 g/mol. The van der Waals surface area contributed by atoms with E-state index in [1.165, 1.54) is 0 Å². The fourth-order valence-electron chi connectivity index (χ4n) is 1.97. The maximum absolute atomic E-state index is 12.0. The van der Waals surface area contributed by atoms with Crippen LogP contribution < -0.4 is 10.1 Å². The van der Waals surface area contributed by atoms with E-state index in [0.717, 1.165) is 22.1 Å². The minimum absolute atomic E-state index is 0.0656. The zero-order valence-corrected chi connectivity index (χ0v) is 15.0. The Hall–Kier alpha value is -1.36. The van der Waals surface area contributed by atoms with Crippen LogP contribution in [0.1, 0.15) is 12.0 Å². The first kappa shape index (κ1) is 18.0. The number of thioether (sulfide) groups is 1. The van der Waals surface area contributed by atoms with Crippen molar-refractivity contribution in [1.82, 2.24) is 0 Å². The first-order valence-electron chi connectivity index (χ1n) is 7.04. The molecule has 0 unspecified atom stereocenters. The van der Waals surface area contributed by atoms with Gasteiger partial charge in [-0.05, 0) is 35.9 Å². The molecule has 0 atom stereocenters. The quantitative estimate of drug-likeness (QED) is 0.676. The summed E-state index contributed by atoms with van der Waals surface area (Å²) in [6.07, 6.45) is 0.418. The highest BCUT2D eigenvalue weighted by Crippen LogP contribution is 2.27. The van der Waals surface area contributed by atoms with Crippen LogP contribution in [-0.2, 0) is 10.5 Å². The highest BCUT2D eigenvalue weighted by Gasteiger charge is 2.08. The molecular weight excluding hydrogens is 353 g/mol. The van der Waals surface area contributed by atoms with E-state index in [4.69, 9.17) is 27.9 Å². The molecule has 0 aliphatic rings. The van der Waals surface area contributed by atoms with Crippen LogP contribution in [-0.4, -0.2) is 18.8 Å². The molecule has 6 heteroatoms. The lowest BCUT2D eigenvalue weighted by Crippen LogP contribution is -2.13. The smallest absolute Gasteiger partial charge is 0.225 e. The SMILES string of the molecule is COc1ccc(Cl)cc1NC(=O)CCSCc1cccc(Cl)c1. The second kappa shape index (κ2) is 9.06. The fraction of sp³-hybridized carbons (Fsp3) is 0.235. The Balaban J connectivity index is 1.78. The molecule has 122 valence electrons. The Labute approximate surface area is 150 Å². The number of carbonyl (C=O) groups is 1. The highest BCUT2D eigenvalue weighted by atomic mass is 35.5. The molecule has 0 spiro atoms. The third kappa shape index (κ3) is 5.98. The normalized spacial score (nSPS) is 10.4. The van der Waals surface area contributed by atoms with Gasteiger partial charge in [-0.2, -0.15) is 11.8 Å². The molecule has 2 aromatic rings. The zero-order valence-electron chi connectivity index (χ0n) is 12.6. The van der Waals surface area contributed by atoms with Crippen LogP contribution in [0, 0.1) is 0 Å². The zero-order chi connectivity index (χ0) is 16.7. The summed E-state index contributed by atoms with van der Waals surface area (Å²) in [7, 11) is 1.56. The maximum atomic E-state index is 12.0. The summed E-state index contributed by atoms with van der Waals surface area (Å²) in [4.78, 5) is 12.0. The molecule has 0 fully saturated rings. The average molecular weight is 370 g/mol. The molecule has 1 N–H and O–H groups in total. The lowest BCUT2D eigenvalue weighted by atomic mass is 10.2. The molecule has 2 rings (SSSR count). The summed E-state index contributed by atoms with van der Waals surface area (Å²) in [5.41, 5.74) is 1.74. The summed E-state index contributed by atoms with van der Waals surface area (Å²) in [6, 6.07) is 12.9. The predicted molar refractivity (Wildman–Crippen MR) is 98.9 cm³/mol. The number of rotatable bonds is 7. The maximum Gasteiger partial charge on any atom is 0.225 e. The van der Waals surface area contributed by atoms with Gasteiger partial charge in [-0.15, -0.1) is 0 Å². The summed E-state index contributed by atoms with van der Waals surface area (Å²) in [6.45, 7) is 0. The molecule has 0 aromatic heterocycles. The van der Waals surface area contributed by atoms with E-state index < -0.39 is 0 Å². The van der Waals surface area contributed by atoms with Crippen molar-refractivity contribution in [2.75, 3.05) is 18.2 Å². The molecule has 0 bridgehead atoms. The van der Waals surface area contributed by atoms with Crippen LogP contribution >= 0.6 is 35.0 Å². The van der Waals surface area contributed by atoms with Crippen molar-refractivity contribution in [3.63, 3.8) is 0 Å². The van der Waals surface area contributed by atoms with Crippen molar-refractivity contribution >= 4 is 46.6 Å². The van der Waals surface area contributed by atoms with Crippen molar-refractivity contribution in [3.05, 3.63) is 58.1 Å². The summed E-state index contributed by atoms with van der Waals surface area (Å²) in [5.74, 6) is 2.08. The largest absolute Gasteiger partial charge is 0.495 e. The molecule has 0 aliphatic heterocycles. The Bertz CT molecular complexity index is 679. The van der Waals surface area contributed by atoms with Crippen LogP contribution in [0.3, 0.4) is 0 Å². The number of hydrogen-bond donors (Lipinski definition) is 1. The minimum atomic E-state index is -0.0656. The number of anilines is 1. The van der Waals surface area contributed by atoms with Gasteiger partial charge in [0.05, 0.1) is 12.8 Å². The van der Waals surface area contributed by atoms with E-state index in [1.807, 2.05) is 24.3 Å². The molecule has 0 radical (unpaired) electrons. The lowest BCUT2D eigenvalue weighted by molar-refractivity contribution is -0.115. The minimum Gasteiger partial charge on any atom is -0.495 e. The molecule has 0 aliphatic carbocycles. The van der Waals surface area contributed by atoms with Gasteiger partial charge in [-0.3, -0.25) is 4.79 Å². The molecule has 3 nitrogen and oxygen atoms in total. The Morgan fingerprint density at radius 2 is 1.96 bits per heavy atom. The van der Waals surface area contributed by atoms with E-state index in [9.17, 15) is 4.79 Å². The molecule has 2 aromatic carbocycles. The topological polar surface area (TPSA) is 38.3 Å². The number of carbonyl (C=O) groups excluding carboxylic acids is 1. The number of benzene rings is 2. The van der Waals surface area contributed by atoms with Crippen molar-refractivity contribution in [2.45, 2.75) is 12.2 Å². The molecular formula is C17H17Cl2NO2S. The predicted octanol–water partition coefficient (Wildman–Crippen LogP) is 5.26. The highest BCUT2D eigenvalue weighted by molar-refractivity contribution is 7.98. The van der Waals surface area contributed by atoms with Crippen LogP contribution in [0.4, 0.5) is 5.69 Å². The van der Waals surface area contributed by atoms with E-state index >= 15 is 0 Å². The van der Waals surface area contributed by atoms with Gasteiger partial charge in [0.25, 0.3) is 0 Å². The van der Waals surface area contributed by atoms with Gasteiger partial charge in [0, 0.05) is 28.0 Å². The summed E-state index contributed by atoms with van der Waals surface area (Å²) >= 11 is 13.6. The van der Waals surface area contributed by atoms with Gasteiger partial charge in [0.2, 0.25) is 5.91 Å². The van der Waals surface area contributed by atoms with Gasteiger partial charge in [-0.25, -0.2) is 0 Å². The molecule has 0 saturated carbocycles. The second-order valence-electron chi connectivity index (χ2n) is 4.83. The third-order valence-electron chi connectivity index (χ3n) is 3.07. The average Bonchev–Trinajstić information content (AvgIpc) is 2.52. The van der Waals surface area contributed by atoms with Gasteiger partial charge in [0.1, 0.15) is 5.75 Å².